The zero-order valence-electron chi connectivity index (χ0n) is 18.1. The molecule has 32 heavy (non-hydrogen) atoms. The van der Waals surface area contributed by atoms with E-state index in [-0.39, 0.29) is 24.2 Å². The van der Waals surface area contributed by atoms with Crippen molar-refractivity contribution < 1.29 is 14.3 Å². The van der Waals surface area contributed by atoms with Gasteiger partial charge in [-0.25, -0.2) is 4.79 Å². The molecule has 1 aromatic heterocycles. The van der Waals surface area contributed by atoms with E-state index in [0.29, 0.717) is 33.3 Å². The lowest BCUT2D eigenvalue weighted by Crippen LogP contribution is -2.42. The third kappa shape index (κ3) is 4.67. The molecular formula is C24H26ClN3O4. The number of hydrogen-bond acceptors (Lipinski definition) is 4. The zero-order chi connectivity index (χ0) is 22.7. The van der Waals surface area contributed by atoms with Gasteiger partial charge in [0, 0.05) is 33.8 Å². The summed E-state index contributed by atoms with van der Waals surface area (Å²) in [4.78, 5) is 30.7. The van der Waals surface area contributed by atoms with E-state index < -0.39 is 0 Å². The molecule has 0 unspecified atom stereocenters. The summed E-state index contributed by atoms with van der Waals surface area (Å²) in [6.07, 6.45) is 3.96. The standard InChI is InChI=1S/C24H26ClN3O4/c1-31-21-11-15-10-16(23(29)27-20(15)13-22(21)32-2)14-28(19-8-3-4-9-19)24(30)26-18-7-5-6-17(25)12-18/h5-7,10-13,19H,3-4,8-9,14H2,1-2H3,(H,26,30)(H,27,29). The van der Waals surface area contributed by atoms with Crippen molar-refractivity contribution in [2.45, 2.75) is 38.3 Å². The van der Waals surface area contributed by atoms with Crippen molar-refractivity contribution >= 4 is 34.2 Å². The van der Waals surface area contributed by atoms with E-state index in [0.717, 1.165) is 31.1 Å². The number of hydrogen-bond donors (Lipinski definition) is 2. The quantitative estimate of drug-likeness (QED) is 0.536. The summed E-state index contributed by atoms with van der Waals surface area (Å²) in [5.74, 6) is 1.11. The molecule has 1 aliphatic carbocycles. The minimum Gasteiger partial charge on any atom is -0.493 e. The van der Waals surface area contributed by atoms with Crippen LogP contribution in [-0.4, -0.2) is 36.2 Å². The van der Waals surface area contributed by atoms with E-state index in [9.17, 15) is 9.59 Å². The molecule has 1 heterocycles. The number of nitrogens with zero attached hydrogens (tertiary/aromatic N) is 1. The lowest BCUT2D eigenvalue weighted by molar-refractivity contribution is 0.184. The van der Waals surface area contributed by atoms with Crippen LogP contribution in [0.4, 0.5) is 10.5 Å². The van der Waals surface area contributed by atoms with Crippen molar-refractivity contribution in [3.8, 4) is 11.5 Å². The molecule has 0 atom stereocenters. The van der Waals surface area contributed by atoms with Gasteiger partial charge in [-0.05, 0) is 43.2 Å². The van der Waals surface area contributed by atoms with Gasteiger partial charge in [-0.3, -0.25) is 4.79 Å². The number of halogens is 1. The molecule has 3 aromatic rings. The van der Waals surface area contributed by atoms with Gasteiger partial charge in [-0.15, -0.1) is 0 Å². The van der Waals surface area contributed by atoms with Crippen molar-refractivity contribution in [2.75, 3.05) is 19.5 Å². The Labute approximate surface area is 191 Å². The fourth-order valence-corrected chi connectivity index (χ4v) is 4.41. The smallest absolute Gasteiger partial charge is 0.322 e. The van der Waals surface area contributed by atoms with E-state index >= 15 is 0 Å². The predicted octanol–water partition coefficient (Wildman–Crippen LogP) is 5.18. The number of methoxy groups -OCH3 is 2. The second-order valence-electron chi connectivity index (χ2n) is 7.92. The maximum Gasteiger partial charge on any atom is 0.322 e. The topological polar surface area (TPSA) is 83.7 Å². The lowest BCUT2D eigenvalue weighted by Gasteiger charge is -2.29. The van der Waals surface area contributed by atoms with E-state index in [1.807, 2.05) is 12.1 Å². The van der Waals surface area contributed by atoms with Crippen molar-refractivity contribution in [3.05, 3.63) is 63.4 Å². The second kappa shape index (κ2) is 9.53. The fourth-order valence-electron chi connectivity index (χ4n) is 4.22. The molecule has 1 aliphatic rings. The van der Waals surface area contributed by atoms with Gasteiger partial charge >= 0.3 is 6.03 Å². The number of aromatic nitrogens is 1. The van der Waals surface area contributed by atoms with Crippen molar-refractivity contribution in [1.29, 1.82) is 0 Å². The van der Waals surface area contributed by atoms with Crippen LogP contribution in [-0.2, 0) is 6.54 Å². The number of amides is 2. The Kier molecular flexibility index (Phi) is 6.55. The molecule has 168 valence electrons. The van der Waals surface area contributed by atoms with Crippen molar-refractivity contribution in [2.24, 2.45) is 0 Å². The molecule has 2 aromatic carbocycles. The first kappa shape index (κ1) is 22.0. The highest BCUT2D eigenvalue weighted by atomic mass is 35.5. The fraction of sp³-hybridized carbons (Fsp3) is 0.333. The summed E-state index contributed by atoms with van der Waals surface area (Å²) in [5.41, 5.74) is 1.54. The lowest BCUT2D eigenvalue weighted by atomic mass is 10.1. The van der Waals surface area contributed by atoms with Gasteiger partial charge in [0.1, 0.15) is 0 Å². The highest BCUT2D eigenvalue weighted by Gasteiger charge is 2.28. The number of H-pyrrole nitrogens is 1. The average Bonchev–Trinajstić information content (AvgIpc) is 3.31. The maximum absolute atomic E-state index is 13.2. The first-order valence-corrected chi connectivity index (χ1v) is 11.0. The third-order valence-corrected chi connectivity index (χ3v) is 6.10. The second-order valence-corrected chi connectivity index (χ2v) is 8.36. The molecule has 1 saturated carbocycles. The van der Waals surface area contributed by atoms with Gasteiger partial charge in [-0.2, -0.15) is 0 Å². The Hall–Kier alpha value is -3.19. The van der Waals surface area contributed by atoms with Crippen LogP contribution in [0.1, 0.15) is 31.2 Å². The average molecular weight is 456 g/mol. The summed E-state index contributed by atoms with van der Waals surface area (Å²) >= 11 is 6.06. The largest absolute Gasteiger partial charge is 0.493 e. The predicted molar refractivity (Wildman–Crippen MR) is 126 cm³/mol. The van der Waals surface area contributed by atoms with E-state index in [4.69, 9.17) is 21.1 Å². The molecule has 0 spiro atoms. The number of carbonyl (C=O) groups excluding carboxylic acids is 1. The normalized spacial score (nSPS) is 13.8. The number of anilines is 1. The number of rotatable bonds is 6. The molecule has 1 fully saturated rings. The summed E-state index contributed by atoms with van der Waals surface area (Å²) in [7, 11) is 3.12. The summed E-state index contributed by atoms with van der Waals surface area (Å²) in [6, 6.07) is 12.2. The van der Waals surface area contributed by atoms with Gasteiger partial charge in [-0.1, -0.05) is 30.5 Å². The number of pyridine rings is 1. The molecule has 0 bridgehead atoms. The number of aromatic amines is 1. The van der Waals surface area contributed by atoms with E-state index in [2.05, 4.69) is 10.3 Å². The summed E-state index contributed by atoms with van der Waals surface area (Å²) in [6.45, 7) is 0.205. The van der Waals surface area contributed by atoms with Crippen LogP contribution >= 0.6 is 11.6 Å². The molecule has 2 N–H and O–H groups in total. The molecule has 0 saturated heterocycles. The Morgan fingerprint density at radius 1 is 1.12 bits per heavy atom. The number of benzene rings is 2. The minimum absolute atomic E-state index is 0.0784. The van der Waals surface area contributed by atoms with Crippen LogP contribution < -0.4 is 20.3 Å². The minimum atomic E-state index is -0.244. The van der Waals surface area contributed by atoms with Crippen LogP contribution in [0.3, 0.4) is 0 Å². The number of ether oxygens (including phenoxy) is 2. The third-order valence-electron chi connectivity index (χ3n) is 5.87. The number of urea groups is 1. The molecular weight excluding hydrogens is 430 g/mol. The Morgan fingerprint density at radius 3 is 2.53 bits per heavy atom. The van der Waals surface area contributed by atoms with Crippen molar-refractivity contribution in [1.82, 2.24) is 9.88 Å². The molecule has 2 amide bonds. The highest BCUT2D eigenvalue weighted by Crippen LogP contribution is 2.31. The van der Waals surface area contributed by atoms with Gasteiger partial charge in [0.05, 0.1) is 26.3 Å². The van der Waals surface area contributed by atoms with Gasteiger partial charge in [0.25, 0.3) is 5.56 Å². The molecule has 8 heteroatoms. The molecule has 4 rings (SSSR count). The Balaban J connectivity index is 1.66. The van der Waals surface area contributed by atoms with Crippen LogP contribution in [0, 0.1) is 0 Å². The molecule has 7 nitrogen and oxygen atoms in total. The van der Waals surface area contributed by atoms with Crippen molar-refractivity contribution in [3.63, 3.8) is 0 Å². The number of fused-ring (bicyclic) bond motifs is 1. The molecule has 0 radical (unpaired) electrons. The maximum atomic E-state index is 13.2. The zero-order valence-corrected chi connectivity index (χ0v) is 18.9. The van der Waals surface area contributed by atoms with Crippen LogP contribution in [0.2, 0.25) is 5.02 Å². The summed E-state index contributed by atoms with van der Waals surface area (Å²) in [5, 5.41) is 4.28. The monoisotopic (exact) mass is 455 g/mol. The van der Waals surface area contributed by atoms with Crippen LogP contribution in [0.5, 0.6) is 11.5 Å². The first-order valence-electron chi connectivity index (χ1n) is 10.6. The number of carbonyl (C=O) groups is 1. The van der Waals surface area contributed by atoms with Gasteiger partial charge in [0.2, 0.25) is 0 Å². The van der Waals surface area contributed by atoms with E-state index in [1.54, 1.807) is 49.5 Å². The van der Waals surface area contributed by atoms with Crippen LogP contribution in [0.25, 0.3) is 10.9 Å². The molecule has 0 aliphatic heterocycles. The van der Waals surface area contributed by atoms with Gasteiger partial charge < -0.3 is 24.7 Å². The van der Waals surface area contributed by atoms with Crippen LogP contribution in [0.15, 0.2) is 47.3 Å². The van der Waals surface area contributed by atoms with Gasteiger partial charge in [0.15, 0.2) is 11.5 Å². The SMILES string of the molecule is COc1cc2cc(CN(C(=O)Nc3cccc(Cl)c3)C3CCCC3)c(=O)[nH]c2cc1OC. The Bertz CT molecular complexity index is 1190. The van der Waals surface area contributed by atoms with E-state index in [1.165, 1.54) is 0 Å². The number of nitrogens with one attached hydrogen (secondary N) is 2. The highest BCUT2D eigenvalue weighted by molar-refractivity contribution is 6.30. The Morgan fingerprint density at radius 2 is 1.84 bits per heavy atom. The first-order chi connectivity index (χ1) is 15.5. The summed E-state index contributed by atoms with van der Waals surface area (Å²) < 4.78 is 10.7.